The molecule has 0 amide bonds. The number of benzene rings is 2. The smallest absolute Gasteiger partial charge is 0.278 e. The van der Waals surface area contributed by atoms with Crippen molar-refractivity contribution in [2.75, 3.05) is 44.3 Å². The van der Waals surface area contributed by atoms with Gasteiger partial charge in [-0.3, -0.25) is 15.0 Å². The van der Waals surface area contributed by atoms with Crippen LogP contribution in [0, 0.1) is 10.1 Å². The van der Waals surface area contributed by atoms with Crippen LogP contribution in [0.2, 0.25) is 0 Å². The first-order valence-electron chi connectivity index (χ1n) is 14.9. The zero-order valence-electron chi connectivity index (χ0n) is 24.5. The number of anilines is 3. The monoisotopic (exact) mass is 610 g/mol. The third-order valence-corrected chi connectivity index (χ3v) is 9.63. The molecule has 0 spiro atoms. The summed E-state index contributed by atoms with van der Waals surface area (Å²) in [6.07, 6.45) is 5.95. The number of nitro groups is 1. The summed E-state index contributed by atoms with van der Waals surface area (Å²) in [5.74, 6) is 0.426. The number of nitrogens with zero attached hydrogens (tertiary/aromatic N) is 8. The minimum absolute atomic E-state index is 0.0340. The number of nitrogen functional groups attached to an aromatic ring is 1. The third kappa shape index (κ3) is 5.49. The van der Waals surface area contributed by atoms with Gasteiger partial charge in [-0.1, -0.05) is 24.3 Å². The Hall–Kier alpha value is -4.46. The van der Waals surface area contributed by atoms with E-state index in [1.165, 1.54) is 23.7 Å². The standard InChI is InChI=1S/C31H34N10O2S/c1-38-14-16-39(17-15-38)22-10-12-23(13-11-22)40-30-27(29(32)33-19-34-30)28(37-40)20-6-8-21(9-7-20)35-31-36-25(18-44-31)24-4-2-3-5-26(24)41(42)43/h2-9,18-19,22-23H,10-17H2,1H3,(H,35,36)(H2,32,33,34)/t22-,23+. The van der Waals surface area contributed by atoms with E-state index in [1.807, 2.05) is 29.6 Å². The summed E-state index contributed by atoms with van der Waals surface area (Å²) in [6.45, 7) is 4.57. The maximum atomic E-state index is 11.5. The fourth-order valence-corrected chi connectivity index (χ4v) is 7.18. The van der Waals surface area contributed by atoms with Gasteiger partial charge in [-0.2, -0.15) is 5.10 Å². The number of piperazine rings is 1. The molecule has 3 aromatic heterocycles. The minimum atomic E-state index is -0.386. The molecular weight excluding hydrogens is 576 g/mol. The van der Waals surface area contributed by atoms with Crippen molar-refractivity contribution in [3.63, 3.8) is 0 Å². The summed E-state index contributed by atoms with van der Waals surface area (Å²) >= 11 is 1.39. The van der Waals surface area contributed by atoms with Crippen LogP contribution in [-0.2, 0) is 0 Å². The maximum Gasteiger partial charge on any atom is 0.278 e. The minimum Gasteiger partial charge on any atom is -0.383 e. The molecule has 3 N–H and O–H groups in total. The number of rotatable bonds is 7. The third-order valence-electron chi connectivity index (χ3n) is 8.87. The highest BCUT2D eigenvalue weighted by atomic mass is 32.1. The van der Waals surface area contributed by atoms with Crippen LogP contribution in [-0.4, -0.2) is 78.7 Å². The van der Waals surface area contributed by atoms with Gasteiger partial charge in [0.25, 0.3) is 5.69 Å². The molecule has 2 fully saturated rings. The SMILES string of the molecule is CN1CCN([C@H]2CC[C@@H](n3nc(-c4ccc(Nc5nc(-c6ccccc6[N+](=O)[O-])cs5)cc4)c4c(N)ncnc43)CC2)CC1. The molecule has 1 aliphatic carbocycles. The van der Waals surface area contributed by atoms with Crippen molar-refractivity contribution in [2.24, 2.45) is 0 Å². The maximum absolute atomic E-state index is 11.5. The highest BCUT2D eigenvalue weighted by molar-refractivity contribution is 7.14. The van der Waals surface area contributed by atoms with Crippen LogP contribution < -0.4 is 11.1 Å². The second-order valence-electron chi connectivity index (χ2n) is 11.6. The number of hydrogen-bond acceptors (Lipinski definition) is 11. The van der Waals surface area contributed by atoms with Crippen molar-refractivity contribution < 1.29 is 4.92 Å². The fraction of sp³-hybridized carbons (Fsp3) is 0.355. The van der Waals surface area contributed by atoms with Crippen molar-refractivity contribution in [2.45, 2.75) is 37.8 Å². The van der Waals surface area contributed by atoms with Crippen molar-refractivity contribution in [1.29, 1.82) is 0 Å². The Labute approximate surface area is 258 Å². The summed E-state index contributed by atoms with van der Waals surface area (Å²) in [4.78, 5) is 29.7. The topological polar surface area (TPSA) is 144 Å². The highest BCUT2D eigenvalue weighted by Gasteiger charge is 2.30. The first kappa shape index (κ1) is 28.3. The largest absolute Gasteiger partial charge is 0.383 e. The van der Waals surface area contributed by atoms with E-state index in [0.29, 0.717) is 28.2 Å². The summed E-state index contributed by atoms with van der Waals surface area (Å²) < 4.78 is 2.08. The van der Waals surface area contributed by atoms with Crippen molar-refractivity contribution in [3.05, 3.63) is 70.4 Å². The lowest BCUT2D eigenvalue weighted by molar-refractivity contribution is -0.384. The van der Waals surface area contributed by atoms with Gasteiger partial charge in [-0.05, 0) is 50.9 Å². The average Bonchev–Trinajstić information content (AvgIpc) is 3.68. The summed E-state index contributed by atoms with van der Waals surface area (Å²) in [7, 11) is 2.20. The number of aromatic nitrogens is 5. The van der Waals surface area contributed by atoms with Gasteiger partial charge >= 0.3 is 0 Å². The fourth-order valence-electron chi connectivity index (χ4n) is 6.45. The Kier molecular flexibility index (Phi) is 7.66. The lowest BCUT2D eigenvalue weighted by Gasteiger charge is -2.41. The van der Waals surface area contributed by atoms with Crippen molar-refractivity contribution in [1.82, 2.24) is 34.5 Å². The Bertz CT molecular complexity index is 1790. The predicted octanol–water partition coefficient (Wildman–Crippen LogP) is 5.58. The molecule has 0 atom stereocenters. The zero-order chi connectivity index (χ0) is 30.2. The molecule has 1 saturated carbocycles. The van der Waals surface area contributed by atoms with Gasteiger partial charge in [0.2, 0.25) is 0 Å². The van der Waals surface area contributed by atoms with Crippen LogP contribution >= 0.6 is 11.3 Å². The molecule has 4 heterocycles. The van der Waals surface area contributed by atoms with Gasteiger partial charge in [0.1, 0.15) is 17.8 Å². The van der Waals surface area contributed by atoms with Crippen LogP contribution in [0.4, 0.5) is 22.3 Å². The van der Waals surface area contributed by atoms with Gasteiger partial charge in [0.15, 0.2) is 10.8 Å². The molecule has 44 heavy (non-hydrogen) atoms. The van der Waals surface area contributed by atoms with Gasteiger partial charge in [-0.15, -0.1) is 11.3 Å². The van der Waals surface area contributed by atoms with E-state index < -0.39 is 0 Å². The Morgan fingerprint density at radius 1 is 0.977 bits per heavy atom. The van der Waals surface area contributed by atoms with Crippen LogP contribution in [0.3, 0.4) is 0 Å². The van der Waals surface area contributed by atoms with E-state index >= 15 is 0 Å². The molecule has 1 aliphatic heterocycles. The first-order valence-corrected chi connectivity index (χ1v) is 15.8. The lowest BCUT2D eigenvalue weighted by atomic mass is 9.90. The van der Waals surface area contributed by atoms with E-state index in [1.54, 1.807) is 18.2 Å². The molecular formula is C31H34N10O2S. The number of thiazole rings is 1. The quantitative estimate of drug-likeness (QED) is 0.177. The van der Waals surface area contributed by atoms with E-state index in [9.17, 15) is 10.1 Å². The van der Waals surface area contributed by atoms with Crippen LogP contribution in [0.5, 0.6) is 0 Å². The number of nitrogens with one attached hydrogen (secondary N) is 1. The van der Waals surface area contributed by atoms with Crippen LogP contribution in [0.15, 0.2) is 60.2 Å². The summed E-state index contributed by atoms with van der Waals surface area (Å²) in [5.41, 5.74) is 10.8. The number of nitro benzene ring substituents is 1. The molecule has 5 aromatic rings. The number of nitrogens with two attached hydrogens (primary N) is 1. The molecule has 0 bridgehead atoms. The molecule has 2 aromatic carbocycles. The molecule has 0 unspecified atom stereocenters. The molecule has 226 valence electrons. The second-order valence-corrected chi connectivity index (χ2v) is 12.4. The van der Waals surface area contributed by atoms with Crippen LogP contribution in [0.1, 0.15) is 31.7 Å². The predicted molar refractivity (Wildman–Crippen MR) is 173 cm³/mol. The lowest BCUT2D eigenvalue weighted by Crippen LogP contribution is -2.49. The number of likely N-dealkylation sites (N-methyl/N-ethyl adjacent to an activating group) is 1. The van der Waals surface area contributed by atoms with E-state index in [4.69, 9.17) is 10.8 Å². The van der Waals surface area contributed by atoms with Crippen LogP contribution in [0.25, 0.3) is 33.5 Å². The molecule has 12 nitrogen and oxygen atoms in total. The first-order chi connectivity index (χ1) is 21.4. The zero-order valence-corrected chi connectivity index (χ0v) is 25.3. The second kappa shape index (κ2) is 11.9. The Balaban J connectivity index is 1.09. The van der Waals surface area contributed by atoms with Gasteiger partial charge in [-0.25, -0.2) is 19.6 Å². The molecule has 0 radical (unpaired) electrons. The van der Waals surface area contributed by atoms with E-state index in [2.05, 4.69) is 41.8 Å². The molecule has 7 rings (SSSR count). The molecule has 1 saturated heterocycles. The Morgan fingerprint density at radius 3 is 2.45 bits per heavy atom. The van der Waals surface area contributed by atoms with E-state index in [-0.39, 0.29) is 16.7 Å². The van der Waals surface area contributed by atoms with Crippen molar-refractivity contribution >= 4 is 44.7 Å². The average molecular weight is 611 g/mol. The number of fused-ring (bicyclic) bond motifs is 1. The summed E-state index contributed by atoms with van der Waals surface area (Å²) in [5, 5.41) is 23.1. The van der Waals surface area contributed by atoms with Crippen molar-refractivity contribution in [3.8, 4) is 22.5 Å². The van der Waals surface area contributed by atoms with Gasteiger partial charge in [0, 0.05) is 54.9 Å². The highest BCUT2D eigenvalue weighted by Crippen LogP contribution is 2.38. The molecule has 2 aliphatic rings. The Morgan fingerprint density at radius 2 is 1.70 bits per heavy atom. The van der Waals surface area contributed by atoms with E-state index in [0.717, 1.165) is 79.8 Å². The summed E-state index contributed by atoms with van der Waals surface area (Å²) in [6, 6.07) is 15.5. The number of para-hydroxylation sites is 1. The normalized spacial score (nSPS) is 19.8. The number of hydrogen-bond donors (Lipinski definition) is 2. The van der Waals surface area contributed by atoms with Gasteiger partial charge in [0.05, 0.1) is 27.6 Å². The molecule has 13 heteroatoms. The van der Waals surface area contributed by atoms with Gasteiger partial charge < -0.3 is 16.0 Å².